The number of ether oxygens (including phenoxy) is 1. The molecule has 0 aromatic rings. The molecule has 20 heavy (non-hydrogen) atoms. The molecular formula is C11H18N2O7. The van der Waals surface area contributed by atoms with Crippen molar-refractivity contribution in [3.8, 4) is 0 Å². The summed E-state index contributed by atoms with van der Waals surface area (Å²) >= 11 is 0. The zero-order valence-corrected chi connectivity index (χ0v) is 11.0. The Bertz CT molecular complexity index is 370. The summed E-state index contributed by atoms with van der Waals surface area (Å²) in [4.78, 5) is 43.3. The van der Waals surface area contributed by atoms with Gasteiger partial charge in [-0.2, -0.15) is 0 Å². The van der Waals surface area contributed by atoms with Gasteiger partial charge < -0.3 is 25.6 Å². The predicted molar refractivity (Wildman–Crippen MR) is 66.1 cm³/mol. The summed E-state index contributed by atoms with van der Waals surface area (Å²) in [5.74, 6) is -2.78. The van der Waals surface area contributed by atoms with Gasteiger partial charge in [0.1, 0.15) is 6.04 Å². The molecule has 0 aliphatic carbocycles. The first-order valence-corrected chi connectivity index (χ1v) is 5.92. The molecule has 114 valence electrons. The average Bonchev–Trinajstić information content (AvgIpc) is 2.36. The van der Waals surface area contributed by atoms with Gasteiger partial charge in [-0.1, -0.05) is 0 Å². The van der Waals surface area contributed by atoms with Gasteiger partial charge in [-0.25, -0.2) is 9.59 Å². The molecule has 2 amide bonds. The van der Waals surface area contributed by atoms with E-state index in [4.69, 9.17) is 10.2 Å². The smallest absolute Gasteiger partial charge is 0.326 e. The number of methoxy groups -OCH3 is 1. The Kier molecular flexibility index (Phi) is 8.48. The Labute approximate surface area is 115 Å². The maximum atomic E-state index is 11.4. The third kappa shape index (κ3) is 8.72. The molecule has 9 heteroatoms. The van der Waals surface area contributed by atoms with Crippen LogP contribution in [0, 0.1) is 0 Å². The molecular weight excluding hydrogens is 272 g/mol. The van der Waals surface area contributed by atoms with Gasteiger partial charge in [-0.15, -0.1) is 0 Å². The lowest BCUT2D eigenvalue weighted by atomic mass is 10.1. The second kappa shape index (κ2) is 9.59. The van der Waals surface area contributed by atoms with E-state index < -0.39 is 30.0 Å². The first-order chi connectivity index (χ1) is 9.36. The summed E-state index contributed by atoms with van der Waals surface area (Å²) in [5, 5.41) is 21.8. The van der Waals surface area contributed by atoms with Crippen LogP contribution in [0.1, 0.15) is 25.7 Å². The molecule has 0 saturated heterocycles. The van der Waals surface area contributed by atoms with Crippen LogP contribution in [0.3, 0.4) is 0 Å². The minimum atomic E-state index is -1.25. The molecule has 0 aromatic heterocycles. The Hall–Kier alpha value is -2.32. The number of carboxylic acids is 2. The van der Waals surface area contributed by atoms with E-state index >= 15 is 0 Å². The van der Waals surface area contributed by atoms with Crippen LogP contribution in [0.4, 0.5) is 4.79 Å². The lowest BCUT2D eigenvalue weighted by Crippen LogP contribution is -2.46. The van der Waals surface area contributed by atoms with Crippen LogP contribution in [0.15, 0.2) is 0 Å². The molecule has 4 N–H and O–H groups in total. The highest BCUT2D eigenvalue weighted by Gasteiger charge is 2.19. The third-order valence-electron chi connectivity index (χ3n) is 2.33. The molecule has 0 heterocycles. The Morgan fingerprint density at radius 1 is 1.15 bits per heavy atom. The number of amides is 2. The largest absolute Gasteiger partial charge is 0.481 e. The van der Waals surface area contributed by atoms with E-state index in [-0.39, 0.29) is 32.2 Å². The maximum Gasteiger partial charge on any atom is 0.326 e. The summed E-state index contributed by atoms with van der Waals surface area (Å²) in [6, 6.07) is -1.91. The van der Waals surface area contributed by atoms with Gasteiger partial charge >= 0.3 is 23.9 Å². The van der Waals surface area contributed by atoms with Gasteiger partial charge in [-0.05, 0) is 12.8 Å². The topological polar surface area (TPSA) is 142 Å². The maximum absolute atomic E-state index is 11.4. The zero-order chi connectivity index (χ0) is 15.5. The number of urea groups is 1. The van der Waals surface area contributed by atoms with Crippen molar-refractivity contribution in [1.29, 1.82) is 0 Å². The van der Waals surface area contributed by atoms with Crippen LogP contribution in [0.5, 0.6) is 0 Å². The van der Waals surface area contributed by atoms with E-state index in [0.717, 1.165) is 0 Å². The van der Waals surface area contributed by atoms with Crippen molar-refractivity contribution in [3.05, 3.63) is 0 Å². The van der Waals surface area contributed by atoms with Crippen LogP contribution in [0.2, 0.25) is 0 Å². The number of carbonyl (C=O) groups is 4. The Morgan fingerprint density at radius 3 is 2.30 bits per heavy atom. The fourth-order valence-electron chi connectivity index (χ4n) is 1.30. The van der Waals surface area contributed by atoms with Crippen molar-refractivity contribution in [3.63, 3.8) is 0 Å². The van der Waals surface area contributed by atoms with Crippen molar-refractivity contribution < 1.29 is 34.1 Å². The lowest BCUT2D eigenvalue weighted by Gasteiger charge is -2.14. The number of rotatable bonds is 9. The highest BCUT2D eigenvalue weighted by molar-refractivity contribution is 5.82. The van der Waals surface area contributed by atoms with Crippen molar-refractivity contribution in [2.75, 3.05) is 13.7 Å². The molecule has 0 bridgehead atoms. The molecule has 0 aliphatic heterocycles. The van der Waals surface area contributed by atoms with Crippen molar-refractivity contribution in [1.82, 2.24) is 10.6 Å². The molecule has 0 aromatic carbocycles. The van der Waals surface area contributed by atoms with Gasteiger partial charge in [0, 0.05) is 13.0 Å². The quantitative estimate of drug-likeness (QED) is 0.421. The van der Waals surface area contributed by atoms with Gasteiger partial charge in [0.05, 0.1) is 13.5 Å². The fourth-order valence-corrected chi connectivity index (χ4v) is 1.30. The predicted octanol–water partition coefficient (Wildman–Crippen LogP) is -0.443. The van der Waals surface area contributed by atoms with E-state index in [9.17, 15) is 19.2 Å². The number of aliphatic carboxylic acids is 2. The molecule has 0 radical (unpaired) electrons. The summed E-state index contributed by atoms with van der Waals surface area (Å²) in [6.07, 6.45) is -0.0586. The van der Waals surface area contributed by atoms with Crippen LogP contribution in [0.25, 0.3) is 0 Å². The third-order valence-corrected chi connectivity index (χ3v) is 2.33. The van der Waals surface area contributed by atoms with Crippen molar-refractivity contribution in [2.24, 2.45) is 0 Å². The summed E-state index contributed by atoms with van der Waals surface area (Å²) in [6.45, 7) is 0.0139. The summed E-state index contributed by atoms with van der Waals surface area (Å²) in [5.41, 5.74) is 0. The van der Waals surface area contributed by atoms with Crippen molar-refractivity contribution >= 4 is 23.9 Å². The second-order valence-electron chi connectivity index (χ2n) is 3.90. The van der Waals surface area contributed by atoms with E-state index in [1.165, 1.54) is 7.11 Å². The fraction of sp³-hybridized carbons (Fsp3) is 0.636. The standard InChI is InChI=1S/C11H18N2O7/c1-20-9(16)5-6-12-11(19)13-7(10(17)18)3-2-4-8(14)15/h7H,2-6H2,1H3,(H,14,15)(H,17,18)(H2,12,13,19)/t7-/m1/s1. The SMILES string of the molecule is COC(=O)CCNC(=O)N[C@H](CCCC(=O)O)C(=O)O. The molecule has 0 aliphatic rings. The molecule has 0 rings (SSSR count). The number of carboxylic acid groups (broad SMARTS) is 2. The van der Waals surface area contributed by atoms with Gasteiger partial charge in [0.15, 0.2) is 0 Å². The highest BCUT2D eigenvalue weighted by atomic mass is 16.5. The normalized spacial score (nSPS) is 11.2. The first kappa shape index (κ1) is 17.7. The highest BCUT2D eigenvalue weighted by Crippen LogP contribution is 2.01. The molecule has 0 spiro atoms. The summed E-state index contributed by atoms with van der Waals surface area (Å²) < 4.78 is 4.37. The average molecular weight is 290 g/mol. The summed E-state index contributed by atoms with van der Waals surface area (Å²) in [7, 11) is 1.21. The minimum Gasteiger partial charge on any atom is -0.481 e. The molecule has 0 saturated carbocycles. The zero-order valence-electron chi connectivity index (χ0n) is 11.0. The molecule has 0 unspecified atom stereocenters. The molecule has 1 atom stereocenters. The van der Waals surface area contributed by atoms with Gasteiger partial charge in [0.25, 0.3) is 0 Å². The van der Waals surface area contributed by atoms with E-state index in [1.54, 1.807) is 0 Å². The van der Waals surface area contributed by atoms with Gasteiger partial charge in [0.2, 0.25) is 0 Å². The number of hydrogen-bond donors (Lipinski definition) is 4. The number of hydrogen-bond acceptors (Lipinski definition) is 5. The van der Waals surface area contributed by atoms with Crippen LogP contribution in [-0.2, 0) is 19.1 Å². The van der Waals surface area contributed by atoms with E-state index in [1.807, 2.05) is 0 Å². The second-order valence-corrected chi connectivity index (χ2v) is 3.90. The molecule has 9 nitrogen and oxygen atoms in total. The minimum absolute atomic E-state index is 0.00601. The first-order valence-electron chi connectivity index (χ1n) is 5.92. The lowest BCUT2D eigenvalue weighted by molar-refractivity contribution is -0.141. The Morgan fingerprint density at radius 2 is 1.80 bits per heavy atom. The number of nitrogens with one attached hydrogen (secondary N) is 2. The van der Waals surface area contributed by atoms with Gasteiger partial charge in [-0.3, -0.25) is 9.59 Å². The number of carbonyl (C=O) groups excluding carboxylic acids is 2. The van der Waals surface area contributed by atoms with Crippen LogP contribution >= 0.6 is 0 Å². The van der Waals surface area contributed by atoms with Crippen LogP contribution in [-0.4, -0.2) is 53.8 Å². The van der Waals surface area contributed by atoms with E-state index in [2.05, 4.69) is 15.4 Å². The Balaban J connectivity index is 4.04. The van der Waals surface area contributed by atoms with E-state index in [0.29, 0.717) is 0 Å². The van der Waals surface area contributed by atoms with Crippen molar-refractivity contribution in [2.45, 2.75) is 31.7 Å². The monoisotopic (exact) mass is 290 g/mol. The number of esters is 1. The van der Waals surface area contributed by atoms with Crippen LogP contribution < -0.4 is 10.6 Å². The molecule has 0 fully saturated rings.